The first kappa shape index (κ1) is 15.5. The van der Waals surface area contributed by atoms with Crippen LogP contribution in [-0.4, -0.2) is 61.2 Å². The van der Waals surface area contributed by atoms with Gasteiger partial charge in [-0.25, -0.2) is 0 Å². The molecule has 6 heteroatoms. The first-order valence-electron chi connectivity index (χ1n) is 7.14. The highest BCUT2D eigenvalue weighted by Crippen LogP contribution is 2.14. The second-order valence-corrected chi connectivity index (χ2v) is 5.13. The zero-order valence-electron chi connectivity index (χ0n) is 11.9. The number of nitrogens with zero attached hydrogens (tertiary/aromatic N) is 1. The number of rotatable bonds is 6. The Kier molecular flexibility index (Phi) is 5.71. The molecule has 3 N–H and O–H groups in total. The average Bonchev–Trinajstić information content (AvgIpc) is 2.49. The Morgan fingerprint density at radius 3 is 2.52 bits per heavy atom. The van der Waals surface area contributed by atoms with E-state index in [1.807, 2.05) is 6.07 Å². The van der Waals surface area contributed by atoms with Gasteiger partial charge in [-0.05, 0) is 5.56 Å². The van der Waals surface area contributed by atoms with Crippen LogP contribution in [0.15, 0.2) is 30.3 Å². The van der Waals surface area contributed by atoms with Crippen molar-refractivity contribution >= 4 is 11.9 Å². The number of amides is 1. The second kappa shape index (κ2) is 7.75. The number of carboxylic acid groups (broad SMARTS) is 1. The van der Waals surface area contributed by atoms with Gasteiger partial charge in [0, 0.05) is 32.7 Å². The zero-order valence-corrected chi connectivity index (χ0v) is 11.9. The number of carbonyl (C=O) groups is 2. The van der Waals surface area contributed by atoms with Crippen LogP contribution in [0.25, 0.3) is 0 Å². The van der Waals surface area contributed by atoms with Gasteiger partial charge in [0.2, 0.25) is 5.91 Å². The molecule has 1 atom stereocenters. The van der Waals surface area contributed by atoms with Gasteiger partial charge in [0.05, 0.1) is 12.5 Å². The standard InChI is InChI=1S/C15H21N3O3/c19-14(11-18-8-6-16-7-9-18)17-10-13(15(20)21)12-4-2-1-3-5-12/h1-5,13,16H,6-11H2,(H,17,19)(H,20,21). The molecule has 0 bridgehead atoms. The molecule has 1 amide bonds. The van der Waals surface area contributed by atoms with E-state index in [4.69, 9.17) is 0 Å². The molecular formula is C15H21N3O3. The molecule has 0 aliphatic carbocycles. The van der Waals surface area contributed by atoms with E-state index >= 15 is 0 Å². The molecular weight excluding hydrogens is 270 g/mol. The van der Waals surface area contributed by atoms with E-state index in [-0.39, 0.29) is 12.5 Å². The third-order valence-electron chi connectivity index (χ3n) is 3.58. The Morgan fingerprint density at radius 1 is 1.24 bits per heavy atom. The summed E-state index contributed by atoms with van der Waals surface area (Å²) in [7, 11) is 0. The van der Waals surface area contributed by atoms with Crippen molar-refractivity contribution in [3.63, 3.8) is 0 Å². The van der Waals surface area contributed by atoms with Crippen LogP contribution in [0.1, 0.15) is 11.5 Å². The van der Waals surface area contributed by atoms with E-state index in [1.54, 1.807) is 24.3 Å². The highest BCUT2D eigenvalue weighted by atomic mass is 16.4. The van der Waals surface area contributed by atoms with Gasteiger partial charge < -0.3 is 15.7 Å². The van der Waals surface area contributed by atoms with Crippen LogP contribution in [0.4, 0.5) is 0 Å². The molecule has 1 unspecified atom stereocenters. The van der Waals surface area contributed by atoms with Gasteiger partial charge in [-0.15, -0.1) is 0 Å². The first-order valence-corrected chi connectivity index (χ1v) is 7.14. The Labute approximate surface area is 124 Å². The maximum Gasteiger partial charge on any atom is 0.312 e. The van der Waals surface area contributed by atoms with Gasteiger partial charge in [-0.3, -0.25) is 14.5 Å². The van der Waals surface area contributed by atoms with Crippen molar-refractivity contribution in [1.29, 1.82) is 0 Å². The van der Waals surface area contributed by atoms with Crippen LogP contribution in [0.2, 0.25) is 0 Å². The number of nitrogens with one attached hydrogen (secondary N) is 2. The number of benzene rings is 1. The number of aliphatic carboxylic acids is 1. The minimum atomic E-state index is -0.927. The summed E-state index contributed by atoms with van der Waals surface area (Å²) in [5, 5.41) is 15.2. The molecule has 1 aromatic rings. The fraction of sp³-hybridized carbons (Fsp3) is 0.467. The Hall–Kier alpha value is -1.92. The van der Waals surface area contributed by atoms with Gasteiger partial charge >= 0.3 is 5.97 Å². The van der Waals surface area contributed by atoms with Crippen LogP contribution in [0.5, 0.6) is 0 Å². The summed E-state index contributed by atoms with van der Waals surface area (Å²) in [6, 6.07) is 8.97. The van der Waals surface area contributed by atoms with Crippen molar-refractivity contribution in [3.05, 3.63) is 35.9 Å². The summed E-state index contributed by atoms with van der Waals surface area (Å²) >= 11 is 0. The Bertz CT molecular complexity index is 472. The summed E-state index contributed by atoms with van der Waals surface area (Å²) in [4.78, 5) is 25.3. The summed E-state index contributed by atoms with van der Waals surface area (Å²) < 4.78 is 0. The molecule has 21 heavy (non-hydrogen) atoms. The van der Waals surface area contributed by atoms with Crippen molar-refractivity contribution in [2.75, 3.05) is 39.3 Å². The summed E-state index contributed by atoms with van der Waals surface area (Å²) in [6.45, 7) is 3.89. The highest BCUT2D eigenvalue weighted by Gasteiger charge is 2.21. The van der Waals surface area contributed by atoms with Gasteiger partial charge in [0.1, 0.15) is 0 Å². The van der Waals surface area contributed by atoms with E-state index < -0.39 is 11.9 Å². The van der Waals surface area contributed by atoms with Crippen molar-refractivity contribution in [2.45, 2.75) is 5.92 Å². The number of hydrogen-bond acceptors (Lipinski definition) is 4. The minimum Gasteiger partial charge on any atom is -0.481 e. The zero-order chi connectivity index (χ0) is 15.1. The molecule has 0 radical (unpaired) electrons. The second-order valence-electron chi connectivity index (χ2n) is 5.13. The van der Waals surface area contributed by atoms with Gasteiger partial charge in [-0.2, -0.15) is 0 Å². The summed E-state index contributed by atoms with van der Waals surface area (Å²) in [5.74, 6) is -1.76. The highest BCUT2D eigenvalue weighted by molar-refractivity contribution is 5.80. The van der Waals surface area contributed by atoms with Crippen molar-refractivity contribution < 1.29 is 14.7 Å². The van der Waals surface area contributed by atoms with E-state index in [0.717, 1.165) is 26.2 Å². The van der Waals surface area contributed by atoms with Crippen LogP contribution < -0.4 is 10.6 Å². The SMILES string of the molecule is O=C(CN1CCNCC1)NCC(C(=O)O)c1ccccc1. The smallest absolute Gasteiger partial charge is 0.312 e. The molecule has 6 nitrogen and oxygen atoms in total. The molecule has 1 heterocycles. The van der Waals surface area contributed by atoms with Gasteiger partial charge in [-0.1, -0.05) is 30.3 Å². The number of hydrogen-bond donors (Lipinski definition) is 3. The molecule has 0 spiro atoms. The average molecular weight is 291 g/mol. The molecule has 1 aliphatic heterocycles. The van der Waals surface area contributed by atoms with Gasteiger partial charge in [0.25, 0.3) is 0 Å². The molecule has 1 aliphatic rings. The lowest BCUT2D eigenvalue weighted by Crippen LogP contribution is -2.48. The third-order valence-corrected chi connectivity index (χ3v) is 3.58. The lowest BCUT2D eigenvalue weighted by Gasteiger charge is -2.26. The molecule has 1 aromatic carbocycles. The van der Waals surface area contributed by atoms with E-state index in [9.17, 15) is 14.7 Å². The summed E-state index contributed by atoms with van der Waals surface area (Å²) in [5.41, 5.74) is 0.701. The predicted octanol–water partition coefficient (Wildman–Crippen LogP) is -0.124. The fourth-order valence-corrected chi connectivity index (χ4v) is 2.38. The molecule has 1 saturated heterocycles. The predicted molar refractivity (Wildman–Crippen MR) is 79.1 cm³/mol. The number of carboxylic acids is 1. The van der Waals surface area contributed by atoms with E-state index in [0.29, 0.717) is 12.1 Å². The minimum absolute atomic E-state index is 0.115. The maximum atomic E-state index is 11.9. The van der Waals surface area contributed by atoms with E-state index in [2.05, 4.69) is 15.5 Å². The van der Waals surface area contributed by atoms with Crippen LogP contribution >= 0.6 is 0 Å². The number of piperazine rings is 1. The molecule has 1 fully saturated rings. The van der Waals surface area contributed by atoms with Crippen molar-refractivity contribution in [1.82, 2.24) is 15.5 Å². The normalized spacial score (nSPS) is 17.1. The van der Waals surface area contributed by atoms with Crippen molar-refractivity contribution in [3.8, 4) is 0 Å². The molecule has 0 saturated carbocycles. The topological polar surface area (TPSA) is 81.7 Å². The summed E-state index contributed by atoms with van der Waals surface area (Å²) in [6.07, 6.45) is 0. The van der Waals surface area contributed by atoms with Crippen LogP contribution in [0, 0.1) is 0 Å². The molecule has 2 rings (SSSR count). The third kappa shape index (κ3) is 4.84. The van der Waals surface area contributed by atoms with Gasteiger partial charge in [0.15, 0.2) is 0 Å². The Balaban J connectivity index is 1.84. The van der Waals surface area contributed by atoms with Crippen LogP contribution in [0.3, 0.4) is 0 Å². The first-order chi connectivity index (χ1) is 10.2. The Morgan fingerprint density at radius 2 is 1.90 bits per heavy atom. The quantitative estimate of drug-likeness (QED) is 0.680. The monoisotopic (exact) mass is 291 g/mol. The molecule has 114 valence electrons. The lowest BCUT2D eigenvalue weighted by molar-refractivity contribution is -0.138. The largest absolute Gasteiger partial charge is 0.481 e. The van der Waals surface area contributed by atoms with E-state index in [1.165, 1.54) is 0 Å². The van der Waals surface area contributed by atoms with Crippen molar-refractivity contribution in [2.24, 2.45) is 0 Å². The maximum absolute atomic E-state index is 11.9. The molecule has 0 aromatic heterocycles. The number of carbonyl (C=O) groups excluding carboxylic acids is 1. The fourth-order valence-electron chi connectivity index (χ4n) is 2.38. The van der Waals surface area contributed by atoms with Crippen LogP contribution in [-0.2, 0) is 9.59 Å². The lowest BCUT2D eigenvalue weighted by atomic mass is 9.99.